The quantitative estimate of drug-likeness (QED) is 0.706. The number of amides is 1. The van der Waals surface area contributed by atoms with Crippen LogP contribution in [0.4, 0.5) is 0 Å². The first-order chi connectivity index (χ1) is 13.5. The lowest BCUT2D eigenvalue weighted by Gasteiger charge is -2.22. The van der Waals surface area contributed by atoms with Crippen molar-refractivity contribution in [3.05, 3.63) is 53.2 Å². The molecule has 2 aromatic heterocycles. The van der Waals surface area contributed by atoms with Gasteiger partial charge in [-0.05, 0) is 20.3 Å². The number of aromatic nitrogens is 4. The fraction of sp³-hybridized carbons (Fsp3) is 0.400. The predicted octanol–water partition coefficient (Wildman–Crippen LogP) is 2.53. The number of rotatable bonds is 5. The van der Waals surface area contributed by atoms with Gasteiger partial charge in [-0.2, -0.15) is 5.10 Å². The van der Waals surface area contributed by atoms with Crippen LogP contribution in [0, 0.1) is 13.8 Å². The van der Waals surface area contributed by atoms with Crippen molar-refractivity contribution in [2.75, 3.05) is 6.54 Å². The Labute approximate surface area is 163 Å². The molecule has 1 aromatic carbocycles. The molecule has 8 nitrogen and oxygen atoms in total. The van der Waals surface area contributed by atoms with E-state index in [1.54, 1.807) is 6.92 Å². The van der Waals surface area contributed by atoms with Crippen molar-refractivity contribution in [2.45, 2.75) is 45.8 Å². The number of carbonyl (C=O) groups is 1. The van der Waals surface area contributed by atoms with Crippen molar-refractivity contribution in [1.29, 1.82) is 0 Å². The summed E-state index contributed by atoms with van der Waals surface area (Å²) in [6, 6.07) is 9.97. The van der Waals surface area contributed by atoms with Crippen molar-refractivity contribution < 1.29 is 9.32 Å². The molecule has 1 fully saturated rings. The number of H-pyrrole nitrogens is 1. The van der Waals surface area contributed by atoms with Crippen LogP contribution in [0.25, 0.3) is 11.4 Å². The molecule has 1 aliphatic rings. The average Bonchev–Trinajstić information content (AvgIpc) is 3.38. The molecular formula is C20H24N6O2. The van der Waals surface area contributed by atoms with Crippen LogP contribution in [0.2, 0.25) is 0 Å². The molecular weight excluding hydrogens is 356 g/mol. The average molecular weight is 380 g/mol. The Morgan fingerprint density at radius 3 is 2.79 bits per heavy atom. The molecule has 1 aliphatic heterocycles. The summed E-state index contributed by atoms with van der Waals surface area (Å²) in [5.41, 5.74) is 2.94. The molecule has 0 unspecified atom stereocenters. The zero-order valence-corrected chi connectivity index (χ0v) is 16.3. The number of likely N-dealkylation sites (tertiary alicyclic amines) is 1. The summed E-state index contributed by atoms with van der Waals surface area (Å²) in [5.74, 6) is 2.28. The molecule has 3 aromatic rings. The van der Waals surface area contributed by atoms with Gasteiger partial charge in [0.15, 0.2) is 5.82 Å². The molecule has 146 valence electrons. The number of hydrogen-bond acceptors (Lipinski definition) is 6. The highest BCUT2D eigenvalue weighted by Gasteiger charge is 2.36. The van der Waals surface area contributed by atoms with Gasteiger partial charge in [0, 0.05) is 37.2 Å². The van der Waals surface area contributed by atoms with E-state index in [9.17, 15) is 4.79 Å². The molecule has 4 rings (SSSR count). The lowest BCUT2D eigenvalue weighted by atomic mass is 10.1. The van der Waals surface area contributed by atoms with Crippen LogP contribution in [-0.4, -0.2) is 43.7 Å². The lowest BCUT2D eigenvalue weighted by Crippen LogP contribution is -2.35. The SMILES string of the molecule is CC(=O)N[C@H]1C[C@@H](c2nc(-c3ccccc3)n[nH]2)N(Cc2c(C)noc2C)C1. The standard InChI is InChI=1S/C20H24N6O2/c1-12-17(13(2)28-25-12)11-26-10-16(21-14(3)27)9-18(26)20-22-19(23-24-20)15-7-5-4-6-8-15/h4-8,16,18H,9-11H2,1-3H3,(H,21,27)(H,22,23,24)/t16-,18-/m0/s1. The lowest BCUT2D eigenvalue weighted by molar-refractivity contribution is -0.119. The number of carbonyl (C=O) groups excluding carboxylic acids is 1. The van der Waals surface area contributed by atoms with Crippen LogP contribution in [-0.2, 0) is 11.3 Å². The molecule has 1 amide bonds. The van der Waals surface area contributed by atoms with E-state index in [1.807, 2.05) is 44.2 Å². The minimum atomic E-state index is -0.0227. The first-order valence-electron chi connectivity index (χ1n) is 9.42. The summed E-state index contributed by atoms with van der Waals surface area (Å²) in [5, 5.41) is 14.6. The summed E-state index contributed by atoms with van der Waals surface area (Å²) in [4.78, 5) is 18.6. The van der Waals surface area contributed by atoms with Crippen molar-refractivity contribution >= 4 is 5.91 Å². The molecule has 2 N–H and O–H groups in total. The van der Waals surface area contributed by atoms with Crippen LogP contribution in [0.5, 0.6) is 0 Å². The number of aryl methyl sites for hydroxylation is 2. The number of aromatic amines is 1. The van der Waals surface area contributed by atoms with Crippen LogP contribution in [0.15, 0.2) is 34.9 Å². The molecule has 3 heterocycles. The highest BCUT2D eigenvalue weighted by atomic mass is 16.5. The van der Waals surface area contributed by atoms with Gasteiger partial charge in [0.25, 0.3) is 0 Å². The molecule has 0 spiro atoms. The second-order valence-electron chi connectivity index (χ2n) is 7.29. The Balaban J connectivity index is 1.60. The summed E-state index contributed by atoms with van der Waals surface area (Å²) >= 11 is 0. The maximum atomic E-state index is 11.6. The van der Waals surface area contributed by atoms with Crippen molar-refractivity contribution in [3.8, 4) is 11.4 Å². The van der Waals surface area contributed by atoms with Crippen LogP contribution in [0.1, 0.15) is 42.2 Å². The predicted molar refractivity (Wildman–Crippen MR) is 103 cm³/mol. The molecule has 28 heavy (non-hydrogen) atoms. The van der Waals surface area contributed by atoms with E-state index in [0.717, 1.165) is 41.4 Å². The maximum Gasteiger partial charge on any atom is 0.217 e. The Morgan fingerprint density at radius 1 is 1.32 bits per heavy atom. The van der Waals surface area contributed by atoms with Crippen LogP contribution >= 0.6 is 0 Å². The first kappa shape index (κ1) is 18.4. The van der Waals surface area contributed by atoms with Gasteiger partial charge < -0.3 is 9.84 Å². The summed E-state index contributed by atoms with van der Waals surface area (Å²) < 4.78 is 5.32. The Hall–Kier alpha value is -3.00. The largest absolute Gasteiger partial charge is 0.361 e. The van der Waals surface area contributed by atoms with Gasteiger partial charge in [-0.1, -0.05) is 35.5 Å². The molecule has 1 saturated heterocycles. The van der Waals surface area contributed by atoms with Crippen LogP contribution in [0.3, 0.4) is 0 Å². The Kier molecular flexibility index (Phi) is 4.95. The number of nitrogens with zero attached hydrogens (tertiary/aromatic N) is 4. The van der Waals surface area contributed by atoms with Gasteiger partial charge in [-0.3, -0.25) is 14.8 Å². The van der Waals surface area contributed by atoms with Gasteiger partial charge in [0.05, 0.1) is 11.7 Å². The van der Waals surface area contributed by atoms with Gasteiger partial charge in [-0.15, -0.1) is 0 Å². The second kappa shape index (κ2) is 7.55. The highest BCUT2D eigenvalue weighted by Crippen LogP contribution is 2.33. The zero-order chi connectivity index (χ0) is 19.7. The van der Waals surface area contributed by atoms with E-state index in [2.05, 4.69) is 25.6 Å². The van der Waals surface area contributed by atoms with E-state index in [0.29, 0.717) is 12.4 Å². The van der Waals surface area contributed by atoms with E-state index >= 15 is 0 Å². The van der Waals surface area contributed by atoms with Crippen LogP contribution < -0.4 is 5.32 Å². The fourth-order valence-electron chi connectivity index (χ4n) is 3.83. The monoisotopic (exact) mass is 380 g/mol. The fourth-order valence-corrected chi connectivity index (χ4v) is 3.83. The van der Waals surface area contributed by atoms with E-state index < -0.39 is 0 Å². The third-order valence-corrected chi connectivity index (χ3v) is 5.20. The van der Waals surface area contributed by atoms with Crippen molar-refractivity contribution in [2.24, 2.45) is 0 Å². The minimum Gasteiger partial charge on any atom is -0.361 e. The van der Waals surface area contributed by atoms with E-state index in [4.69, 9.17) is 9.51 Å². The number of nitrogens with one attached hydrogen (secondary N) is 2. The number of benzene rings is 1. The Morgan fingerprint density at radius 2 is 2.11 bits per heavy atom. The van der Waals surface area contributed by atoms with Gasteiger partial charge in [-0.25, -0.2) is 4.98 Å². The summed E-state index contributed by atoms with van der Waals surface area (Å²) in [6.45, 7) is 6.84. The molecule has 0 radical (unpaired) electrons. The summed E-state index contributed by atoms with van der Waals surface area (Å²) in [7, 11) is 0. The highest BCUT2D eigenvalue weighted by molar-refractivity contribution is 5.73. The first-order valence-corrected chi connectivity index (χ1v) is 9.42. The normalized spacial score (nSPS) is 19.8. The molecule has 0 bridgehead atoms. The smallest absolute Gasteiger partial charge is 0.217 e. The summed E-state index contributed by atoms with van der Waals surface area (Å²) in [6.07, 6.45) is 0.770. The maximum absolute atomic E-state index is 11.6. The second-order valence-corrected chi connectivity index (χ2v) is 7.29. The minimum absolute atomic E-state index is 0.0227. The topological polar surface area (TPSA) is 99.9 Å². The Bertz CT molecular complexity index is 945. The zero-order valence-electron chi connectivity index (χ0n) is 16.3. The van der Waals surface area contributed by atoms with E-state index in [-0.39, 0.29) is 18.0 Å². The van der Waals surface area contributed by atoms with Crippen molar-refractivity contribution in [1.82, 2.24) is 30.6 Å². The third-order valence-electron chi connectivity index (χ3n) is 5.20. The van der Waals surface area contributed by atoms with Gasteiger partial charge in [0.2, 0.25) is 5.91 Å². The molecule has 0 aliphatic carbocycles. The number of hydrogen-bond donors (Lipinski definition) is 2. The van der Waals surface area contributed by atoms with E-state index in [1.165, 1.54) is 0 Å². The molecule has 2 atom stereocenters. The molecule has 0 saturated carbocycles. The van der Waals surface area contributed by atoms with Crippen molar-refractivity contribution in [3.63, 3.8) is 0 Å². The molecule has 8 heteroatoms. The van der Waals surface area contributed by atoms with Gasteiger partial charge >= 0.3 is 0 Å². The third kappa shape index (κ3) is 3.68. The van der Waals surface area contributed by atoms with Gasteiger partial charge in [0.1, 0.15) is 11.6 Å².